The summed E-state index contributed by atoms with van der Waals surface area (Å²) in [6, 6.07) is -0.847. The number of aliphatic hydroxyl groups excluding tert-OH is 1. The predicted octanol–water partition coefficient (Wildman–Crippen LogP) is 10.2. The fraction of sp³-hybridized carbons (Fsp3) is 0.773. The van der Waals surface area contributed by atoms with Crippen LogP contribution < -0.4 is 10.2 Å². The molecule has 1 unspecified atom stereocenters. The number of unbranched alkanes of at least 4 members (excludes halogenated alkanes) is 16. The number of quaternary nitrogens is 1. The molecule has 0 aromatic carbocycles. The molecule has 2 N–H and O–H groups in total. The largest absolute Gasteiger partial charge is 0.756 e. The average Bonchev–Trinajstić information content (AvgIpc) is 3.11. The quantitative estimate of drug-likeness (QED) is 0.0160. The van der Waals surface area contributed by atoms with Crippen molar-refractivity contribution in [2.45, 2.75) is 180 Å². The second-order valence-corrected chi connectivity index (χ2v) is 17.1. The first-order valence-electron chi connectivity index (χ1n) is 21.4. The summed E-state index contributed by atoms with van der Waals surface area (Å²) in [5, 5.41) is 13.8. The number of amides is 1. The molecule has 0 fully saturated rings. The summed E-state index contributed by atoms with van der Waals surface area (Å²) < 4.78 is 23.2. The zero-order valence-electron chi connectivity index (χ0n) is 35.2. The van der Waals surface area contributed by atoms with Crippen LogP contribution in [0.4, 0.5) is 0 Å². The van der Waals surface area contributed by atoms with Gasteiger partial charge in [0.15, 0.2) is 5.78 Å². The smallest absolute Gasteiger partial charge is 0.268 e. The van der Waals surface area contributed by atoms with Gasteiger partial charge < -0.3 is 28.8 Å². The van der Waals surface area contributed by atoms with Crippen LogP contribution in [0.25, 0.3) is 0 Å². The molecule has 0 spiro atoms. The number of phosphoric ester groups is 1. The molecule has 3 atom stereocenters. The lowest BCUT2D eigenvalue weighted by molar-refractivity contribution is -0.870. The van der Waals surface area contributed by atoms with E-state index >= 15 is 0 Å². The number of carbonyl (C=O) groups excluding carboxylic acids is 2. The van der Waals surface area contributed by atoms with Gasteiger partial charge >= 0.3 is 0 Å². The third kappa shape index (κ3) is 37.1. The Kier molecular flexibility index (Phi) is 34.3. The van der Waals surface area contributed by atoms with Crippen LogP contribution in [0.15, 0.2) is 48.6 Å². The number of carbonyl (C=O) groups is 2. The number of nitrogens with one attached hydrogen (secondary N) is 1. The standard InChI is InChI=1S/C44H81N2O7P/c1-6-8-10-11-12-13-14-15-16-19-22-25-28-32-36-43(48)42(40-53-54(50,51)52-39-38-46(3,4)5)45-44(49)37-33-29-26-23-20-17-18-21-24-27-31-35-41(47)34-30-9-7-2/h17-18,23-24,26-27,31,35,42-43,48H,6-16,19-22,25,28-30,32-34,36-40H2,1-5H3,(H-,45,49,50,51)/b18-17-,26-23-,27-24-,35-31+/t42-,43+/m0/s1. The van der Waals surface area contributed by atoms with E-state index in [4.69, 9.17) is 9.05 Å². The van der Waals surface area contributed by atoms with Gasteiger partial charge in [-0.15, -0.1) is 0 Å². The number of phosphoric acid groups is 1. The van der Waals surface area contributed by atoms with Crippen LogP contribution in [0, 0.1) is 0 Å². The Labute approximate surface area is 331 Å². The first-order chi connectivity index (χ1) is 25.9. The van der Waals surface area contributed by atoms with Crippen LogP contribution in [0.3, 0.4) is 0 Å². The molecule has 0 heterocycles. The highest BCUT2D eigenvalue weighted by atomic mass is 31.2. The topological polar surface area (TPSA) is 125 Å². The minimum absolute atomic E-state index is 0.0106. The molecule has 0 aliphatic heterocycles. The molecule has 0 aliphatic rings. The molecule has 0 radical (unpaired) electrons. The number of likely N-dealkylation sites (N-methyl/N-ethyl adjacent to an activating group) is 1. The highest BCUT2D eigenvalue weighted by molar-refractivity contribution is 7.45. The Morgan fingerprint density at radius 1 is 0.704 bits per heavy atom. The number of nitrogens with zero attached hydrogens (tertiary/aromatic N) is 1. The maximum Gasteiger partial charge on any atom is 0.268 e. The van der Waals surface area contributed by atoms with Crippen LogP contribution in [-0.2, 0) is 23.2 Å². The summed E-state index contributed by atoms with van der Waals surface area (Å²) in [6.07, 6.45) is 39.5. The lowest BCUT2D eigenvalue weighted by atomic mass is 10.0. The molecule has 0 aromatic heterocycles. The van der Waals surface area contributed by atoms with Crippen LogP contribution >= 0.6 is 7.82 Å². The number of aliphatic hydroxyl groups is 1. The van der Waals surface area contributed by atoms with Gasteiger partial charge in [-0.1, -0.05) is 159 Å². The summed E-state index contributed by atoms with van der Waals surface area (Å²) in [5.41, 5.74) is 0. The lowest BCUT2D eigenvalue weighted by Crippen LogP contribution is -2.46. The minimum atomic E-state index is -4.59. The van der Waals surface area contributed by atoms with Gasteiger partial charge in [0.05, 0.1) is 39.9 Å². The molecule has 54 heavy (non-hydrogen) atoms. The molecule has 9 nitrogen and oxygen atoms in total. The van der Waals surface area contributed by atoms with Gasteiger partial charge in [0, 0.05) is 12.8 Å². The molecule has 10 heteroatoms. The van der Waals surface area contributed by atoms with Crippen molar-refractivity contribution in [3.05, 3.63) is 48.6 Å². The summed E-state index contributed by atoms with van der Waals surface area (Å²) in [4.78, 5) is 37.0. The number of allylic oxidation sites excluding steroid dienone is 8. The van der Waals surface area contributed by atoms with E-state index in [0.29, 0.717) is 30.3 Å². The van der Waals surface area contributed by atoms with Gasteiger partial charge in [-0.25, -0.2) is 0 Å². The van der Waals surface area contributed by atoms with Crippen molar-refractivity contribution in [2.75, 3.05) is 40.9 Å². The van der Waals surface area contributed by atoms with Crippen molar-refractivity contribution in [2.24, 2.45) is 0 Å². The van der Waals surface area contributed by atoms with Gasteiger partial charge in [-0.2, -0.15) is 0 Å². The van der Waals surface area contributed by atoms with E-state index in [0.717, 1.165) is 57.8 Å². The summed E-state index contributed by atoms with van der Waals surface area (Å²) >= 11 is 0. The Morgan fingerprint density at radius 3 is 1.83 bits per heavy atom. The minimum Gasteiger partial charge on any atom is -0.756 e. The lowest BCUT2D eigenvalue weighted by Gasteiger charge is -2.30. The highest BCUT2D eigenvalue weighted by Crippen LogP contribution is 2.38. The van der Waals surface area contributed by atoms with Gasteiger partial charge in [-0.3, -0.25) is 14.2 Å². The zero-order valence-corrected chi connectivity index (χ0v) is 36.1. The van der Waals surface area contributed by atoms with E-state index in [1.165, 1.54) is 70.6 Å². The Balaban J connectivity index is 4.56. The van der Waals surface area contributed by atoms with E-state index in [1.54, 1.807) is 12.2 Å². The molecular weight excluding hydrogens is 699 g/mol. The van der Waals surface area contributed by atoms with Gasteiger partial charge in [0.2, 0.25) is 5.91 Å². The molecule has 0 saturated carbocycles. The SMILES string of the molecule is CCCCCCCCCCCCCCCC[C@@H](O)[C@H](COP(=O)([O-])OCC[N+](C)(C)C)NC(=O)CCC/C=C\C/C=C\C/C=C\C=C\C(=O)CCCCC. The first kappa shape index (κ1) is 52.1. The Bertz CT molecular complexity index is 1080. The molecule has 0 aromatic rings. The second kappa shape index (κ2) is 35.5. The van der Waals surface area contributed by atoms with Crippen molar-refractivity contribution in [3.63, 3.8) is 0 Å². The molecule has 0 aliphatic carbocycles. The molecule has 0 saturated heterocycles. The van der Waals surface area contributed by atoms with Crippen molar-refractivity contribution in [1.82, 2.24) is 5.32 Å². The monoisotopic (exact) mass is 781 g/mol. The molecule has 0 bridgehead atoms. The van der Waals surface area contributed by atoms with E-state index in [9.17, 15) is 24.2 Å². The number of hydrogen-bond donors (Lipinski definition) is 2. The van der Waals surface area contributed by atoms with Crippen LogP contribution in [0.5, 0.6) is 0 Å². The highest BCUT2D eigenvalue weighted by Gasteiger charge is 2.24. The Hall–Kier alpha value is -1.87. The molecule has 314 valence electrons. The second-order valence-electron chi connectivity index (χ2n) is 15.7. The normalized spacial score (nSPS) is 14.8. The maximum absolute atomic E-state index is 12.8. The fourth-order valence-corrected chi connectivity index (χ4v) is 6.53. The number of hydrogen-bond acceptors (Lipinski definition) is 7. The van der Waals surface area contributed by atoms with E-state index in [2.05, 4.69) is 37.4 Å². The number of ketones is 1. The van der Waals surface area contributed by atoms with Crippen LogP contribution in [0.2, 0.25) is 0 Å². The third-order valence-electron chi connectivity index (χ3n) is 9.30. The van der Waals surface area contributed by atoms with E-state index < -0.39 is 20.0 Å². The van der Waals surface area contributed by atoms with Crippen molar-refractivity contribution in [3.8, 4) is 0 Å². The van der Waals surface area contributed by atoms with Crippen molar-refractivity contribution in [1.29, 1.82) is 0 Å². The van der Waals surface area contributed by atoms with Gasteiger partial charge in [-0.05, 0) is 44.6 Å². The molecule has 1 amide bonds. The summed E-state index contributed by atoms with van der Waals surface area (Å²) in [6.45, 7) is 4.49. The van der Waals surface area contributed by atoms with Gasteiger partial charge in [0.25, 0.3) is 7.82 Å². The number of rotatable bonds is 38. The van der Waals surface area contributed by atoms with Gasteiger partial charge in [0.1, 0.15) is 13.2 Å². The maximum atomic E-state index is 12.8. The van der Waals surface area contributed by atoms with Crippen LogP contribution in [0.1, 0.15) is 168 Å². The third-order valence-corrected chi connectivity index (χ3v) is 10.3. The van der Waals surface area contributed by atoms with Crippen LogP contribution in [-0.4, -0.2) is 74.3 Å². The Morgan fingerprint density at radius 2 is 1.24 bits per heavy atom. The average molecular weight is 781 g/mol. The summed E-state index contributed by atoms with van der Waals surface area (Å²) in [5.74, 6) is -0.0666. The summed E-state index contributed by atoms with van der Waals surface area (Å²) in [7, 11) is 1.23. The van der Waals surface area contributed by atoms with Crippen molar-refractivity contribution >= 4 is 19.5 Å². The zero-order chi connectivity index (χ0) is 40.2. The predicted molar refractivity (Wildman–Crippen MR) is 224 cm³/mol. The van der Waals surface area contributed by atoms with E-state index in [1.807, 2.05) is 39.4 Å². The van der Waals surface area contributed by atoms with Crippen molar-refractivity contribution < 1.29 is 37.7 Å². The first-order valence-corrected chi connectivity index (χ1v) is 22.9. The fourth-order valence-electron chi connectivity index (χ4n) is 5.81. The van der Waals surface area contributed by atoms with E-state index in [-0.39, 0.29) is 31.3 Å². The molecule has 0 rings (SSSR count). The molecular formula is C44H81N2O7P.